The Morgan fingerprint density at radius 2 is 1.85 bits per heavy atom. The molecule has 1 N–H and O–H groups in total. The number of carbonyl (C=O) groups is 2. The largest absolute Gasteiger partial charge is 0.452 e. The lowest BCUT2D eigenvalue weighted by molar-refractivity contribution is -0.119. The quantitative estimate of drug-likeness (QED) is 0.707. The third-order valence-corrected chi connectivity index (χ3v) is 3.56. The van der Waals surface area contributed by atoms with E-state index in [4.69, 9.17) is 4.74 Å². The van der Waals surface area contributed by atoms with E-state index in [0.717, 1.165) is 11.1 Å². The lowest BCUT2D eigenvalue weighted by Crippen LogP contribution is -2.21. The summed E-state index contributed by atoms with van der Waals surface area (Å²) in [5, 5.41) is 13.6. The van der Waals surface area contributed by atoms with Gasteiger partial charge in [-0.05, 0) is 59.7 Å². The first kappa shape index (κ1) is 17.3. The van der Waals surface area contributed by atoms with E-state index in [1.54, 1.807) is 24.3 Å². The molecule has 132 valence electrons. The molecule has 0 bridgehead atoms. The normalized spacial score (nSPS) is 10.4. The molecule has 0 unspecified atom stereocenters. The Labute approximate surface area is 149 Å². The number of aryl methyl sites for hydroxylation is 2. The predicted molar refractivity (Wildman–Crippen MR) is 94.0 cm³/mol. The highest BCUT2D eigenvalue weighted by molar-refractivity contribution is 5.97. The molecule has 0 atom stereocenters. The van der Waals surface area contributed by atoms with Crippen LogP contribution in [0.15, 0.2) is 48.8 Å². The number of ether oxygens (including phenoxy) is 1. The third kappa shape index (κ3) is 4.10. The average molecular weight is 351 g/mol. The van der Waals surface area contributed by atoms with Crippen LogP contribution in [0.3, 0.4) is 0 Å². The van der Waals surface area contributed by atoms with E-state index in [-0.39, 0.29) is 5.56 Å². The second kappa shape index (κ2) is 7.56. The molecule has 0 aliphatic rings. The van der Waals surface area contributed by atoms with Crippen LogP contribution in [0.1, 0.15) is 21.5 Å². The highest BCUT2D eigenvalue weighted by Crippen LogP contribution is 2.15. The van der Waals surface area contributed by atoms with Crippen LogP contribution < -0.4 is 5.32 Å². The Balaban J connectivity index is 1.65. The number of anilines is 1. The Morgan fingerprint density at radius 3 is 2.54 bits per heavy atom. The van der Waals surface area contributed by atoms with Gasteiger partial charge in [0.05, 0.1) is 11.3 Å². The number of tetrazole rings is 1. The van der Waals surface area contributed by atoms with Gasteiger partial charge in [0.15, 0.2) is 6.61 Å². The van der Waals surface area contributed by atoms with E-state index < -0.39 is 18.5 Å². The van der Waals surface area contributed by atoms with Crippen molar-refractivity contribution in [1.82, 2.24) is 20.2 Å². The number of esters is 1. The number of benzene rings is 2. The molecule has 0 fully saturated rings. The lowest BCUT2D eigenvalue weighted by atomic mass is 10.1. The van der Waals surface area contributed by atoms with Crippen LogP contribution in [-0.2, 0) is 9.53 Å². The number of para-hydroxylation sites is 1. The zero-order valence-electron chi connectivity index (χ0n) is 14.3. The standard InChI is InChI=1S/C18H17N5O3/c1-12-7-13(2)9-14(8-12)20-17(24)10-26-18(25)15-5-3-4-6-16(15)23-11-19-21-22-23/h3-9,11H,10H2,1-2H3,(H,20,24). The molecule has 1 amide bonds. The van der Waals surface area contributed by atoms with Gasteiger partial charge in [0.25, 0.3) is 5.91 Å². The van der Waals surface area contributed by atoms with Crippen molar-refractivity contribution >= 4 is 17.6 Å². The number of amides is 1. The molecule has 8 heteroatoms. The number of nitrogens with one attached hydrogen (secondary N) is 1. The molecule has 0 saturated heterocycles. The summed E-state index contributed by atoms with van der Waals surface area (Å²) in [6.45, 7) is 3.49. The molecule has 8 nitrogen and oxygen atoms in total. The van der Waals surface area contributed by atoms with E-state index in [1.807, 2.05) is 32.0 Å². The molecule has 0 radical (unpaired) electrons. The summed E-state index contributed by atoms with van der Waals surface area (Å²) in [4.78, 5) is 24.4. The van der Waals surface area contributed by atoms with Crippen molar-refractivity contribution in [2.75, 3.05) is 11.9 Å². The SMILES string of the molecule is Cc1cc(C)cc(NC(=O)COC(=O)c2ccccc2-n2cnnn2)c1. The number of hydrogen-bond donors (Lipinski definition) is 1. The highest BCUT2D eigenvalue weighted by Gasteiger charge is 2.16. The van der Waals surface area contributed by atoms with Crippen molar-refractivity contribution < 1.29 is 14.3 Å². The van der Waals surface area contributed by atoms with Crippen molar-refractivity contribution in [1.29, 1.82) is 0 Å². The predicted octanol–water partition coefficient (Wildman–Crippen LogP) is 2.07. The number of rotatable bonds is 5. The second-order valence-corrected chi connectivity index (χ2v) is 5.77. The van der Waals surface area contributed by atoms with Crippen LogP contribution in [0.2, 0.25) is 0 Å². The molecule has 2 aromatic carbocycles. The molecule has 1 aromatic heterocycles. The second-order valence-electron chi connectivity index (χ2n) is 5.77. The lowest BCUT2D eigenvalue weighted by Gasteiger charge is -2.10. The van der Waals surface area contributed by atoms with Crippen LogP contribution in [0, 0.1) is 13.8 Å². The van der Waals surface area contributed by atoms with Crippen LogP contribution in [0.5, 0.6) is 0 Å². The first-order valence-corrected chi connectivity index (χ1v) is 7.90. The fraction of sp³-hybridized carbons (Fsp3) is 0.167. The van der Waals surface area contributed by atoms with Crippen LogP contribution in [0.25, 0.3) is 5.69 Å². The van der Waals surface area contributed by atoms with Gasteiger partial charge >= 0.3 is 5.97 Å². The third-order valence-electron chi connectivity index (χ3n) is 3.56. The highest BCUT2D eigenvalue weighted by atomic mass is 16.5. The molecule has 26 heavy (non-hydrogen) atoms. The number of carbonyl (C=O) groups excluding carboxylic acids is 2. The van der Waals surface area contributed by atoms with Gasteiger partial charge < -0.3 is 10.1 Å². The smallest absolute Gasteiger partial charge is 0.340 e. The summed E-state index contributed by atoms with van der Waals surface area (Å²) in [5.74, 6) is -1.05. The summed E-state index contributed by atoms with van der Waals surface area (Å²) in [6, 6.07) is 12.4. The average Bonchev–Trinajstić information content (AvgIpc) is 3.13. The van der Waals surface area contributed by atoms with Crippen molar-refractivity contribution in [2.24, 2.45) is 0 Å². The van der Waals surface area contributed by atoms with Gasteiger partial charge in [0, 0.05) is 5.69 Å². The monoisotopic (exact) mass is 351 g/mol. The van der Waals surface area contributed by atoms with E-state index >= 15 is 0 Å². The molecule has 0 aliphatic heterocycles. The van der Waals surface area contributed by atoms with Gasteiger partial charge in [-0.1, -0.05) is 18.2 Å². The summed E-state index contributed by atoms with van der Waals surface area (Å²) < 4.78 is 6.48. The van der Waals surface area contributed by atoms with E-state index in [2.05, 4.69) is 20.8 Å². The van der Waals surface area contributed by atoms with Crippen molar-refractivity contribution in [3.05, 3.63) is 65.5 Å². The maximum atomic E-state index is 12.3. The fourth-order valence-corrected chi connectivity index (χ4v) is 2.57. The van der Waals surface area contributed by atoms with Crippen LogP contribution in [0.4, 0.5) is 5.69 Å². The van der Waals surface area contributed by atoms with E-state index in [0.29, 0.717) is 11.4 Å². The molecular weight excluding hydrogens is 334 g/mol. The zero-order valence-corrected chi connectivity index (χ0v) is 14.3. The van der Waals surface area contributed by atoms with Crippen molar-refractivity contribution in [2.45, 2.75) is 13.8 Å². The topological polar surface area (TPSA) is 99.0 Å². The maximum Gasteiger partial charge on any atom is 0.340 e. The summed E-state index contributed by atoms with van der Waals surface area (Å²) >= 11 is 0. The first-order valence-electron chi connectivity index (χ1n) is 7.90. The molecule has 3 rings (SSSR count). The van der Waals surface area contributed by atoms with Crippen molar-refractivity contribution in [3.8, 4) is 5.69 Å². The summed E-state index contributed by atoms with van der Waals surface area (Å²) in [6.07, 6.45) is 1.37. The number of hydrogen-bond acceptors (Lipinski definition) is 6. The van der Waals surface area contributed by atoms with Gasteiger partial charge in [0.1, 0.15) is 6.33 Å². The number of nitrogens with zero attached hydrogens (tertiary/aromatic N) is 4. The van der Waals surface area contributed by atoms with Crippen molar-refractivity contribution in [3.63, 3.8) is 0 Å². The van der Waals surface area contributed by atoms with Crippen LogP contribution in [-0.4, -0.2) is 38.7 Å². The number of aromatic nitrogens is 4. The Morgan fingerprint density at radius 1 is 1.12 bits per heavy atom. The Kier molecular flexibility index (Phi) is 5.02. The van der Waals surface area contributed by atoms with Gasteiger partial charge in [0.2, 0.25) is 0 Å². The zero-order chi connectivity index (χ0) is 18.5. The minimum atomic E-state index is -0.633. The van der Waals surface area contributed by atoms with Gasteiger partial charge in [-0.15, -0.1) is 5.10 Å². The van der Waals surface area contributed by atoms with Crippen LogP contribution >= 0.6 is 0 Å². The molecule has 1 heterocycles. The van der Waals surface area contributed by atoms with Gasteiger partial charge in [-0.2, -0.15) is 4.68 Å². The molecule has 0 spiro atoms. The van der Waals surface area contributed by atoms with E-state index in [9.17, 15) is 9.59 Å². The molecule has 0 saturated carbocycles. The summed E-state index contributed by atoms with van der Waals surface area (Å²) in [5.41, 5.74) is 3.47. The Bertz CT molecular complexity index is 918. The Hall–Kier alpha value is -3.55. The molecule has 0 aliphatic carbocycles. The minimum absolute atomic E-state index is 0.263. The van der Waals surface area contributed by atoms with Gasteiger partial charge in [-0.3, -0.25) is 4.79 Å². The fourth-order valence-electron chi connectivity index (χ4n) is 2.57. The minimum Gasteiger partial charge on any atom is -0.452 e. The molecular formula is C18H17N5O3. The van der Waals surface area contributed by atoms with Gasteiger partial charge in [-0.25, -0.2) is 4.79 Å². The first-order chi connectivity index (χ1) is 12.5. The van der Waals surface area contributed by atoms with E-state index in [1.165, 1.54) is 11.0 Å². The summed E-state index contributed by atoms with van der Waals surface area (Å²) in [7, 11) is 0. The molecule has 3 aromatic rings. The maximum absolute atomic E-state index is 12.3.